The second-order valence-corrected chi connectivity index (χ2v) is 15.7. The molecule has 12 rings (SSSR count). The van der Waals surface area contributed by atoms with Crippen molar-refractivity contribution in [2.24, 2.45) is 0 Å². The Bertz CT molecular complexity index is 3610. The van der Waals surface area contributed by atoms with Gasteiger partial charge in [-0.15, -0.1) is 0 Å². The summed E-state index contributed by atoms with van der Waals surface area (Å²) in [6.45, 7) is 0. The molecule has 0 amide bonds. The Labute approximate surface area is 353 Å². The van der Waals surface area contributed by atoms with Crippen molar-refractivity contribution in [3.8, 4) is 61.6 Å². The van der Waals surface area contributed by atoms with E-state index in [0.717, 1.165) is 55.4 Å². The van der Waals surface area contributed by atoms with E-state index in [1.54, 1.807) is 0 Å². The van der Waals surface area contributed by atoms with Crippen molar-refractivity contribution in [3.63, 3.8) is 0 Å². The molecule has 0 spiro atoms. The van der Waals surface area contributed by atoms with E-state index < -0.39 is 0 Å². The summed E-state index contributed by atoms with van der Waals surface area (Å²) >= 11 is 0. The van der Waals surface area contributed by atoms with Crippen molar-refractivity contribution in [2.45, 2.75) is 0 Å². The van der Waals surface area contributed by atoms with Crippen LogP contribution in [-0.2, 0) is 0 Å². The number of pyridine rings is 2. The third-order valence-electron chi connectivity index (χ3n) is 12.3. The van der Waals surface area contributed by atoms with Gasteiger partial charge in [0.2, 0.25) is 0 Å². The molecule has 0 aliphatic carbocycles. The van der Waals surface area contributed by atoms with Gasteiger partial charge in [-0.05, 0) is 103 Å². The number of hydrogen-bond acceptors (Lipinski definition) is 2. The Hall–Kier alpha value is -8.14. The molecule has 0 bridgehead atoms. The summed E-state index contributed by atoms with van der Waals surface area (Å²) in [6, 6.07) is 76.4. The summed E-state index contributed by atoms with van der Waals surface area (Å²) in [4.78, 5) is 9.92. The first-order valence-corrected chi connectivity index (χ1v) is 20.8. The van der Waals surface area contributed by atoms with Crippen LogP contribution in [0.1, 0.15) is 0 Å². The maximum atomic E-state index is 5.35. The number of nitrogens with zero attached hydrogens (tertiary/aromatic N) is 3. The molecule has 0 saturated heterocycles. The lowest BCUT2D eigenvalue weighted by Gasteiger charge is -2.18. The molecular formula is C58H37N3. The molecule has 3 heterocycles. The van der Waals surface area contributed by atoms with Gasteiger partial charge in [-0.3, -0.25) is 4.98 Å². The minimum Gasteiger partial charge on any atom is -0.309 e. The molecule has 12 aromatic rings. The normalized spacial score (nSPS) is 11.6. The van der Waals surface area contributed by atoms with Gasteiger partial charge in [-0.1, -0.05) is 170 Å². The maximum absolute atomic E-state index is 5.35. The highest BCUT2D eigenvalue weighted by atomic mass is 15.0. The van der Waals surface area contributed by atoms with Crippen LogP contribution in [0, 0.1) is 0 Å². The maximum Gasteiger partial charge on any atom is 0.0716 e. The third-order valence-corrected chi connectivity index (χ3v) is 12.3. The summed E-state index contributed by atoms with van der Waals surface area (Å²) < 4.78 is 2.37. The highest BCUT2D eigenvalue weighted by Crippen LogP contribution is 2.45. The van der Waals surface area contributed by atoms with Crippen LogP contribution in [0.5, 0.6) is 0 Å². The predicted octanol–water partition coefficient (Wildman–Crippen LogP) is 15.4. The summed E-state index contributed by atoms with van der Waals surface area (Å²) in [7, 11) is 0. The SMILES string of the molecule is c1ccc(-c2c3ccccc3c(-c3ccccc3)c3cc(-c4ccc(-c5cccc(-c6cc7c8cnccc8n(-c8ccccc8)c7c7ccccc67)n5)cc4)ccc23)cc1. The first-order valence-electron chi connectivity index (χ1n) is 20.8. The molecular weight excluding hydrogens is 739 g/mol. The van der Waals surface area contributed by atoms with Gasteiger partial charge in [-0.25, -0.2) is 4.98 Å². The highest BCUT2D eigenvalue weighted by molar-refractivity contribution is 6.23. The van der Waals surface area contributed by atoms with E-state index in [4.69, 9.17) is 4.98 Å². The zero-order chi connectivity index (χ0) is 40.3. The Morgan fingerprint density at radius 3 is 1.59 bits per heavy atom. The van der Waals surface area contributed by atoms with E-state index in [9.17, 15) is 0 Å². The third kappa shape index (κ3) is 5.74. The molecule has 0 aliphatic rings. The largest absolute Gasteiger partial charge is 0.309 e. The average Bonchev–Trinajstić information content (AvgIpc) is 3.68. The van der Waals surface area contributed by atoms with Gasteiger partial charge in [-0.2, -0.15) is 0 Å². The van der Waals surface area contributed by atoms with Crippen LogP contribution in [0.4, 0.5) is 0 Å². The lowest BCUT2D eigenvalue weighted by atomic mass is 9.85. The van der Waals surface area contributed by atoms with Crippen LogP contribution in [0.25, 0.3) is 116 Å². The minimum atomic E-state index is 0.936. The highest BCUT2D eigenvalue weighted by Gasteiger charge is 2.20. The molecule has 0 N–H and O–H groups in total. The van der Waals surface area contributed by atoms with Crippen molar-refractivity contribution in [2.75, 3.05) is 0 Å². The molecule has 0 atom stereocenters. The van der Waals surface area contributed by atoms with Crippen LogP contribution in [0.15, 0.2) is 225 Å². The number of benzene rings is 9. The fourth-order valence-electron chi connectivity index (χ4n) is 9.54. The quantitative estimate of drug-likeness (QED) is 0.158. The second kappa shape index (κ2) is 14.3. The van der Waals surface area contributed by atoms with E-state index in [2.05, 4.69) is 222 Å². The van der Waals surface area contributed by atoms with Gasteiger partial charge in [0.25, 0.3) is 0 Å². The molecule has 9 aromatic carbocycles. The van der Waals surface area contributed by atoms with Crippen molar-refractivity contribution in [3.05, 3.63) is 225 Å². The van der Waals surface area contributed by atoms with Crippen LogP contribution < -0.4 is 0 Å². The fourth-order valence-corrected chi connectivity index (χ4v) is 9.54. The van der Waals surface area contributed by atoms with Crippen molar-refractivity contribution in [1.29, 1.82) is 0 Å². The Morgan fingerprint density at radius 2 is 0.885 bits per heavy atom. The van der Waals surface area contributed by atoms with Crippen LogP contribution >= 0.6 is 0 Å². The smallest absolute Gasteiger partial charge is 0.0716 e. The number of rotatable bonds is 6. The summed E-state index contributed by atoms with van der Waals surface area (Å²) in [5.41, 5.74) is 14.8. The van der Waals surface area contributed by atoms with Gasteiger partial charge in [0.1, 0.15) is 0 Å². The molecule has 3 nitrogen and oxygen atoms in total. The molecule has 0 saturated carbocycles. The van der Waals surface area contributed by atoms with Crippen LogP contribution in [-0.4, -0.2) is 14.5 Å². The molecule has 61 heavy (non-hydrogen) atoms. The number of para-hydroxylation sites is 1. The van der Waals surface area contributed by atoms with Crippen LogP contribution in [0.3, 0.4) is 0 Å². The molecule has 3 heteroatoms. The Kier molecular flexibility index (Phi) is 8.17. The zero-order valence-corrected chi connectivity index (χ0v) is 33.2. The van der Waals surface area contributed by atoms with E-state index in [1.165, 1.54) is 60.3 Å². The summed E-state index contributed by atoms with van der Waals surface area (Å²) in [6.07, 6.45) is 3.87. The molecule has 0 unspecified atom stereocenters. The van der Waals surface area contributed by atoms with Crippen LogP contribution in [0.2, 0.25) is 0 Å². The molecule has 0 fully saturated rings. The van der Waals surface area contributed by atoms with E-state index in [1.807, 2.05) is 12.4 Å². The number of fused-ring (bicyclic) bond motifs is 7. The summed E-state index contributed by atoms with van der Waals surface area (Å²) in [5.74, 6) is 0. The first-order chi connectivity index (χ1) is 30.3. The average molecular weight is 776 g/mol. The zero-order valence-electron chi connectivity index (χ0n) is 33.2. The van der Waals surface area contributed by atoms with Crippen molar-refractivity contribution < 1.29 is 0 Å². The van der Waals surface area contributed by atoms with E-state index in [0.29, 0.717) is 0 Å². The standard InChI is InChI=1S/C58H37N3/c1-4-15-40(16-5-1)56-45-22-11-12-23-46(45)57(41-17-6-2-7-18-41)50-35-42(31-32-47(50)56)38-27-29-39(30-28-38)53-25-14-26-54(60-53)49-36-51-52-37-59-34-33-55(52)61(43-19-8-3-9-20-43)58(51)48-24-13-10-21-44(48)49/h1-37H. The van der Waals surface area contributed by atoms with Gasteiger partial charge in [0.15, 0.2) is 0 Å². The summed E-state index contributed by atoms with van der Waals surface area (Å²) in [5, 5.41) is 9.63. The van der Waals surface area contributed by atoms with E-state index in [-0.39, 0.29) is 0 Å². The minimum absolute atomic E-state index is 0.936. The number of aromatic nitrogens is 3. The van der Waals surface area contributed by atoms with Gasteiger partial charge in [0, 0.05) is 45.4 Å². The van der Waals surface area contributed by atoms with Crippen molar-refractivity contribution in [1.82, 2.24) is 14.5 Å². The molecule has 284 valence electrons. The molecule has 0 aliphatic heterocycles. The Balaban J connectivity index is 0.976. The predicted molar refractivity (Wildman–Crippen MR) is 256 cm³/mol. The molecule has 0 radical (unpaired) electrons. The number of hydrogen-bond donors (Lipinski definition) is 0. The lowest BCUT2D eigenvalue weighted by Crippen LogP contribution is -1.95. The molecule has 3 aromatic heterocycles. The fraction of sp³-hybridized carbons (Fsp3) is 0. The first kappa shape index (κ1) is 34.9. The second-order valence-electron chi connectivity index (χ2n) is 15.7. The van der Waals surface area contributed by atoms with Gasteiger partial charge >= 0.3 is 0 Å². The topological polar surface area (TPSA) is 30.7 Å². The van der Waals surface area contributed by atoms with Gasteiger partial charge < -0.3 is 4.57 Å². The lowest BCUT2D eigenvalue weighted by molar-refractivity contribution is 1.18. The van der Waals surface area contributed by atoms with Crippen molar-refractivity contribution >= 4 is 54.1 Å². The Morgan fingerprint density at radius 1 is 0.328 bits per heavy atom. The van der Waals surface area contributed by atoms with E-state index >= 15 is 0 Å². The van der Waals surface area contributed by atoms with Gasteiger partial charge in [0.05, 0.1) is 22.4 Å². The monoisotopic (exact) mass is 775 g/mol.